The molecular formula is C27H24N2O8S. The molecule has 2 aromatic rings. The fraction of sp³-hybridized carbons (Fsp3) is 0.296. The van der Waals surface area contributed by atoms with Gasteiger partial charge < -0.3 is 19.5 Å². The fourth-order valence-electron chi connectivity index (χ4n) is 5.87. The van der Waals surface area contributed by atoms with E-state index in [0.29, 0.717) is 5.56 Å². The van der Waals surface area contributed by atoms with Crippen molar-refractivity contribution in [1.82, 2.24) is 4.90 Å². The van der Waals surface area contributed by atoms with Gasteiger partial charge in [-0.25, -0.2) is 0 Å². The molecule has 0 heterocycles. The summed E-state index contributed by atoms with van der Waals surface area (Å²) in [6, 6.07) is 12.5. The van der Waals surface area contributed by atoms with Crippen LogP contribution in [-0.4, -0.2) is 65.9 Å². The van der Waals surface area contributed by atoms with Crippen molar-refractivity contribution < 1.29 is 37.5 Å². The highest BCUT2D eigenvalue weighted by molar-refractivity contribution is 7.87. The Labute approximate surface area is 218 Å². The lowest BCUT2D eigenvalue weighted by atomic mass is 9.59. The van der Waals surface area contributed by atoms with Gasteiger partial charge in [-0.2, -0.15) is 13.7 Å². The number of hydrogen-bond acceptors (Lipinski definition) is 10. The van der Waals surface area contributed by atoms with Crippen molar-refractivity contribution in [2.24, 2.45) is 11.8 Å². The number of carbonyl (C=O) groups excluding carboxylic acids is 2. The Morgan fingerprint density at radius 1 is 1.08 bits per heavy atom. The summed E-state index contributed by atoms with van der Waals surface area (Å²) in [5.74, 6) is -5.33. The van der Waals surface area contributed by atoms with Crippen molar-refractivity contribution >= 4 is 21.7 Å². The van der Waals surface area contributed by atoms with Crippen LogP contribution in [0.3, 0.4) is 0 Å². The van der Waals surface area contributed by atoms with E-state index in [1.54, 1.807) is 38.4 Å². The molecule has 3 aliphatic carbocycles. The van der Waals surface area contributed by atoms with Crippen LogP contribution in [0.4, 0.5) is 0 Å². The molecule has 0 radical (unpaired) electrons. The van der Waals surface area contributed by atoms with Crippen LogP contribution in [-0.2, 0) is 21.3 Å². The molecule has 0 aliphatic heterocycles. The molecule has 0 saturated heterocycles. The summed E-state index contributed by atoms with van der Waals surface area (Å²) in [5.41, 5.74) is -3.19. The highest BCUT2D eigenvalue weighted by atomic mass is 32.2. The number of fused-ring (bicyclic) bond motifs is 3. The largest absolute Gasteiger partial charge is 0.509 e. The number of hydrogen-bond donors (Lipinski definition) is 3. The van der Waals surface area contributed by atoms with Gasteiger partial charge in [0.25, 0.3) is 0 Å². The summed E-state index contributed by atoms with van der Waals surface area (Å²) in [6.07, 6.45) is 0.214. The van der Waals surface area contributed by atoms with Gasteiger partial charge in [0.15, 0.2) is 17.1 Å². The highest BCUT2D eigenvalue weighted by Crippen LogP contribution is 2.52. The second-order valence-electron chi connectivity index (χ2n) is 9.85. The molecule has 0 spiro atoms. The van der Waals surface area contributed by atoms with Crippen molar-refractivity contribution in [3.05, 3.63) is 82.3 Å². The normalized spacial score (nSPS) is 27.0. The van der Waals surface area contributed by atoms with E-state index in [-0.39, 0.29) is 34.6 Å². The lowest BCUT2D eigenvalue weighted by Crippen LogP contribution is -2.62. The van der Waals surface area contributed by atoms with Gasteiger partial charge in [0.05, 0.1) is 11.6 Å². The van der Waals surface area contributed by atoms with Crippen molar-refractivity contribution in [1.29, 1.82) is 5.26 Å². The third-order valence-electron chi connectivity index (χ3n) is 7.54. The van der Waals surface area contributed by atoms with Crippen LogP contribution >= 0.6 is 0 Å². The number of ketones is 2. The molecule has 0 aromatic heterocycles. The smallest absolute Gasteiger partial charge is 0.339 e. The number of allylic oxidation sites excluding steroid dienone is 1. The van der Waals surface area contributed by atoms with Crippen LogP contribution in [0.2, 0.25) is 0 Å². The van der Waals surface area contributed by atoms with Gasteiger partial charge >= 0.3 is 10.1 Å². The fourth-order valence-corrected chi connectivity index (χ4v) is 6.83. The van der Waals surface area contributed by atoms with E-state index in [1.165, 1.54) is 35.2 Å². The number of likely N-dealkylation sites (N-methyl/N-ethyl adjacent to an activating group) is 1. The number of aliphatic hydroxyl groups excluding tert-OH is 2. The van der Waals surface area contributed by atoms with E-state index < -0.39 is 62.3 Å². The molecule has 3 aliphatic rings. The molecule has 5 rings (SSSR count). The Bertz CT molecular complexity index is 1590. The van der Waals surface area contributed by atoms with E-state index >= 15 is 0 Å². The van der Waals surface area contributed by atoms with Crippen molar-refractivity contribution in [2.45, 2.75) is 29.4 Å². The first kappa shape index (κ1) is 25.7. The van der Waals surface area contributed by atoms with Gasteiger partial charge in [-0.15, -0.1) is 0 Å². The molecule has 0 unspecified atom stereocenters. The number of Topliss-reactive ketones (excluding diaryl/α,β-unsaturated/α-hetero) is 2. The maximum atomic E-state index is 13.8. The molecule has 4 atom stereocenters. The van der Waals surface area contributed by atoms with Gasteiger partial charge in [-0.3, -0.25) is 14.5 Å². The summed E-state index contributed by atoms with van der Waals surface area (Å²) >= 11 is 0. The number of aliphatic hydroxyl groups is 3. The van der Waals surface area contributed by atoms with Crippen LogP contribution < -0.4 is 4.18 Å². The zero-order valence-corrected chi connectivity index (χ0v) is 21.3. The minimum atomic E-state index is -4.30. The first-order valence-electron chi connectivity index (χ1n) is 11.8. The first-order chi connectivity index (χ1) is 17.9. The predicted molar refractivity (Wildman–Crippen MR) is 133 cm³/mol. The SMILES string of the molecule is CN(C)[C@@H]1C(O)=C(C#N)C(=O)[C@@]2(O)C(O)=C3C(=O)c4c(cccc4OS(=O)(=O)c4ccccc4)C[C@H]3C[C@@H]12. The summed E-state index contributed by atoms with van der Waals surface area (Å²) < 4.78 is 31.1. The van der Waals surface area contributed by atoms with Gasteiger partial charge in [0.1, 0.15) is 28.1 Å². The average molecular weight is 537 g/mol. The number of rotatable bonds is 4. The lowest BCUT2D eigenvalue weighted by molar-refractivity contribution is -0.146. The minimum Gasteiger partial charge on any atom is -0.509 e. The number of benzene rings is 2. The topological polar surface area (TPSA) is 165 Å². The van der Waals surface area contributed by atoms with Crippen molar-refractivity contribution in [3.8, 4) is 11.8 Å². The van der Waals surface area contributed by atoms with Crippen molar-refractivity contribution in [2.75, 3.05) is 14.1 Å². The zero-order valence-electron chi connectivity index (χ0n) is 20.5. The van der Waals surface area contributed by atoms with Crippen LogP contribution in [0.5, 0.6) is 5.75 Å². The summed E-state index contributed by atoms with van der Waals surface area (Å²) in [6.45, 7) is 0. The lowest BCUT2D eigenvalue weighted by Gasteiger charge is -2.49. The Morgan fingerprint density at radius 3 is 2.39 bits per heavy atom. The third kappa shape index (κ3) is 3.56. The molecule has 3 N–H and O–H groups in total. The van der Waals surface area contributed by atoms with Crippen LogP contribution in [0.1, 0.15) is 22.3 Å². The molecule has 0 amide bonds. The second kappa shape index (κ2) is 8.80. The quantitative estimate of drug-likeness (QED) is 0.493. The van der Waals surface area contributed by atoms with Gasteiger partial charge in [0.2, 0.25) is 5.78 Å². The Kier molecular flexibility index (Phi) is 5.94. The van der Waals surface area contributed by atoms with Crippen LogP contribution in [0.15, 0.2) is 76.1 Å². The molecule has 2 aromatic carbocycles. The van der Waals surface area contributed by atoms with Crippen LogP contribution in [0.25, 0.3) is 0 Å². The first-order valence-corrected chi connectivity index (χ1v) is 13.2. The molecular weight excluding hydrogens is 512 g/mol. The molecule has 10 nitrogen and oxygen atoms in total. The standard InChI is InChI=1S/C27H24N2O8S/c1-29(2)22-18-12-15-11-14-7-6-10-19(37-38(35,36)16-8-4-3-5-9-16)20(14)24(31)21(15)26(33)27(18,34)25(32)17(13-28)23(22)30/h3-10,15,18,22,30,33-34H,11-12H2,1-2H3/t15-,18-,22-,27+/m0/s1. The number of nitrogens with zero attached hydrogens (tertiary/aromatic N) is 2. The monoisotopic (exact) mass is 536 g/mol. The molecule has 11 heteroatoms. The van der Waals surface area contributed by atoms with Crippen molar-refractivity contribution in [3.63, 3.8) is 0 Å². The van der Waals surface area contributed by atoms with E-state index in [4.69, 9.17) is 4.18 Å². The molecule has 0 bridgehead atoms. The van der Waals surface area contributed by atoms with Gasteiger partial charge in [0, 0.05) is 11.5 Å². The zero-order chi connectivity index (χ0) is 27.6. The maximum Gasteiger partial charge on any atom is 0.339 e. The number of carbonyl (C=O) groups is 2. The summed E-state index contributed by atoms with van der Waals surface area (Å²) in [7, 11) is -1.10. The van der Waals surface area contributed by atoms with E-state index in [2.05, 4.69) is 0 Å². The number of nitriles is 1. The molecule has 196 valence electrons. The molecule has 0 saturated carbocycles. The maximum absolute atomic E-state index is 13.8. The summed E-state index contributed by atoms with van der Waals surface area (Å²) in [4.78, 5) is 28.4. The Morgan fingerprint density at radius 2 is 1.76 bits per heavy atom. The average Bonchev–Trinajstić information content (AvgIpc) is 2.87. The van der Waals surface area contributed by atoms with Crippen LogP contribution in [0, 0.1) is 23.2 Å². The van der Waals surface area contributed by atoms with E-state index in [0.717, 1.165) is 0 Å². The second-order valence-corrected chi connectivity index (χ2v) is 11.4. The Hall–Kier alpha value is -3.98. The van der Waals surface area contributed by atoms with Gasteiger partial charge in [-0.1, -0.05) is 30.3 Å². The summed E-state index contributed by atoms with van der Waals surface area (Å²) in [5, 5.41) is 43.2. The Balaban J connectivity index is 1.64. The molecule has 0 fully saturated rings. The predicted octanol–water partition coefficient (Wildman–Crippen LogP) is 2.22. The third-order valence-corrected chi connectivity index (χ3v) is 8.79. The molecule has 38 heavy (non-hydrogen) atoms. The van der Waals surface area contributed by atoms with E-state index in [1.807, 2.05) is 0 Å². The minimum absolute atomic E-state index is 0.0336. The highest BCUT2D eigenvalue weighted by Gasteiger charge is 2.62. The van der Waals surface area contributed by atoms with Gasteiger partial charge in [-0.05, 0) is 56.6 Å². The van der Waals surface area contributed by atoms with E-state index in [9.17, 15) is 38.6 Å².